The summed E-state index contributed by atoms with van der Waals surface area (Å²) in [5, 5.41) is 6.85. The molecule has 2 aromatic carbocycles. The molecule has 0 saturated heterocycles. The van der Waals surface area contributed by atoms with Crippen LogP contribution in [0.25, 0.3) is 10.2 Å². The molecular weight excluding hydrogens is 350 g/mol. The van der Waals surface area contributed by atoms with Crippen LogP contribution in [0.2, 0.25) is 0 Å². The van der Waals surface area contributed by atoms with E-state index in [1.807, 2.05) is 36.4 Å². The largest absolute Gasteiger partial charge is 0.332 e. The summed E-state index contributed by atoms with van der Waals surface area (Å²) in [5.41, 5.74) is 2.68. The predicted octanol–water partition coefficient (Wildman–Crippen LogP) is 4.76. The zero-order valence-corrected chi connectivity index (χ0v) is 13.6. The zero-order chi connectivity index (χ0) is 14.8. The Morgan fingerprint density at radius 2 is 1.86 bits per heavy atom. The predicted molar refractivity (Wildman–Crippen MR) is 91.3 cm³/mol. The van der Waals surface area contributed by atoms with Crippen molar-refractivity contribution in [2.24, 2.45) is 0 Å². The van der Waals surface area contributed by atoms with Gasteiger partial charge in [0.1, 0.15) is 0 Å². The molecule has 0 atom stereocenters. The lowest BCUT2D eigenvalue weighted by Gasteiger charge is -2.05. The molecule has 1 heterocycles. The zero-order valence-electron chi connectivity index (χ0n) is 11.2. The molecular formula is C15H12BrN3OS. The molecule has 21 heavy (non-hydrogen) atoms. The molecule has 0 bridgehead atoms. The number of carbonyl (C=O) groups excluding carboxylic acids is 1. The van der Waals surface area contributed by atoms with Crippen LogP contribution in [-0.4, -0.2) is 10.9 Å². The van der Waals surface area contributed by atoms with Crippen molar-refractivity contribution in [2.75, 3.05) is 10.6 Å². The molecule has 1 aromatic heterocycles. The van der Waals surface area contributed by atoms with Crippen molar-refractivity contribution in [3.05, 3.63) is 46.9 Å². The van der Waals surface area contributed by atoms with Gasteiger partial charge in [-0.05, 0) is 42.5 Å². The highest BCUT2D eigenvalue weighted by Crippen LogP contribution is 2.30. The molecule has 0 aliphatic carbocycles. The molecule has 106 valence electrons. The average molecular weight is 362 g/mol. The molecule has 3 aromatic rings. The fourth-order valence-electron chi connectivity index (χ4n) is 1.92. The van der Waals surface area contributed by atoms with Gasteiger partial charge in [-0.2, -0.15) is 0 Å². The Kier molecular flexibility index (Phi) is 3.90. The van der Waals surface area contributed by atoms with Crippen molar-refractivity contribution in [3.63, 3.8) is 0 Å². The van der Waals surface area contributed by atoms with E-state index in [1.165, 1.54) is 6.92 Å². The van der Waals surface area contributed by atoms with Crippen LogP contribution in [0.5, 0.6) is 0 Å². The number of fused-ring (bicyclic) bond motifs is 1. The first-order valence-corrected chi connectivity index (χ1v) is 7.92. The monoisotopic (exact) mass is 361 g/mol. The van der Waals surface area contributed by atoms with Crippen molar-refractivity contribution in [2.45, 2.75) is 6.92 Å². The quantitative estimate of drug-likeness (QED) is 0.706. The van der Waals surface area contributed by atoms with Crippen LogP contribution in [0.1, 0.15) is 6.92 Å². The van der Waals surface area contributed by atoms with E-state index < -0.39 is 0 Å². The van der Waals surface area contributed by atoms with Crippen LogP contribution in [0.4, 0.5) is 16.5 Å². The van der Waals surface area contributed by atoms with Gasteiger partial charge in [0.2, 0.25) is 5.91 Å². The highest BCUT2D eigenvalue weighted by Gasteiger charge is 2.04. The van der Waals surface area contributed by atoms with Gasteiger partial charge in [0.25, 0.3) is 0 Å². The SMILES string of the molecule is CC(=O)Nc1ccc(Nc2nc3ccc(Br)cc3s2)cc1. The number of anilines is 3. The molecule has 2 N–H and O–H groups in total. The number of amides is 1. The molecule has 0 aliphatic rings. The van der Waals surface area contributed by atoms with Crippen LogP contribution >= 0.6 is 27.3 Å². The molecule has 1 amide bonds. The van der Waals surface area contributed by atoms with E-state index in [1.54, 1.807) is 11.3 Å². The number of carbonyl (C=O) groups is 1. The summed E-state index contributed by atoms with van der Waals surface area (Å²) in [6.07, 6.45) is 0. The maximum Gasteiger partial charge on any atom is 0.221 e. The van der Waals surface area contributed by atoms with Crippen LogP contribution in [0.3, 0.4) is 0 Å². The van der Waals surface area contributed by atoms with Crippen LogP contribution in [-0.2, 0) is 4.79 Å². The number of hydrogen-bond acceptors (Lipinski definition) is 4. The lowest BCUT2D eigenvalue weighted by molar-refractivity contribution is -0.114. The molecule has 0 radical (unpaired) electrons. The average Bonchev–Trinajstić information content (AvgIpc) is 2.82. The third-order valence-electron chi connectivity index (χ3n) is 2.81. The van der Waals surface area contributed by atoms with Crippen molar-refractivity contribution < 1.29 is 4.79 Å². The van der Waals surface area contributed by atoms with Crippen molar-refractivity contribution in [1.82, 2.24) is 4.98 Å². The first-order valence-electron chi connectivity index (χ1n) is 6.31. The molecule has 4 nitrogen and oxygen atoms in total. The van der Waals surface area contributed by atoms with Gasteiger partial charge >= 0.3 is 0 Å². The molecule has 0 fully saturated rings. The second kappa shape index (κ2) is 5.83. The maximum atomic E-state index is 11.0. The van der Waals surface area contributed by atoms with Crippen molar-refractivity contribution >= 4 is 59.9 Å². The van der Waals surface area contributed by atoms with E-state index in [4.69, 9.17) is 0 Å². The maximum absolute atomic E-state index is 11.0. The number of benzene rings is 2. The Morgan fingerprint density at radius 3 is 2.57 bits per heavy atom. The third-order valence-corrected chi connectivity index (χ3v) is 4.23. The van der Waals surface area contributed by atoms with E-state index in [0.29, 0.717) is 0 Å². The van der Waals surface area contributed by atoms with Gasteiger partial charge in [-0.25, -0.2) is 4.98 Å². The van der Waals surface area contributed by atoms with Crippen LogP contribution in [0.15, 0.2) is 46.9 Å². The van der Waals surface area contributed by atoms with Crippen molar-refractivity contribution in [1.29, 1.82) is 0 Å². The topological polar surface area (TPSA) is 54.0 Å². The second-order valence-corrected chi connectivity index (χ2v) is 6.46. The van der Waals surface area contributed by atoms with Gasteiger partial charge in [0.05, 0.1) is 10.2 Å². The summed E-state index contributed by atoms with van der Waals surface area (Å²) in [6, 6.07) is 13.6. The van der Waals surface area contributed by atoms with Gasteiger partial charge in [0, 0.05) is 22.8 Å². The number of hydrogen-bond donors (Lipinski definition) is 2. The molecule has 0 spiro atoms. The normalized spacial score (nSPS) is 10.6. The number of halogens is 1. The number of aromatic nitrogens is 1. The Morgan fingerprint density at radius 1 is 1.14 bits per heavy atom. The number of rotatable bonds is 3. The van der Waals surface area contributed by atoms with Gasteiger partial charge < -0.3 is 10.6 Å². The number of nitrogens with one attached hydrogen (secondary N) is 2. The molecule has 6 heteroatoms. The van der Waals surface area contributed by atoms with E-state index in [9.17, 15) is 4.79 Å². The van der Waals surface area contributed by atoms with Gasteiger partial charge in [-0.1, -0.05) is 27.3 Å². The Bertz CT molecular complexity index is 798. The molecule has 0 saturated carbocycles. The van der Waals surface area contributed by atoms with E-state index in [0.717, 1.165) is 31.2 Å². The van der Waals surface area contributed by atoms with E-state index >= 15 is 0 Å². The lowest BCUT2D eigenvalue weighted by atomic mass is 10.3. The smallest absolute Gasteiger partial charge is 0.221 e. The highest BCUT2D eigenvalue weighted by atomic mass is 79.9. The lowest BCUT2D eigenvalue weighted by Crippen LogP contribution is -2.05. The fourth-order valence-corrected chi connectivity index (χ4v) is 3.35. The second-order valence-electron chi connectivity index (χ2n) is 4.51. The summed E-state index contributed by atoms with van der Waals surface area (Å²) in [6.45, 7) is 1.49. The molecule has 3 rings (SSSR count). The molecule has 0 aliphatic heterocycles. The molecule has 0 unspecified atom stereocenters. The summed E-state index contributed by atoms with van der Waals surface area (Å²) in [4.78, 5) is 15.5. The first kappa shape index (κ1) is 14.0. The summed E-state index contributed by atoms with van der Waals surface area (Å²) >= 11 is 5.06. The van der Waals surface area contributed by atoms with Gasteiger partial charge in [-0.15, -0.1) is 0 Å². The standard InChI is InChI=1S/C15H12BrN3OS/c1-9(20)17-11-3-5-12(6-4-11)18-15-19-13-7-2-10(16)8-14(13)21-15/h2-8H,1H3,(H,17,20)(H,18,19). The third kappa shape index (κ3) is 3.40. The van der Waals surface area contributed by atoms with E-state index in [2.05, 4.69) is 37.6 Å². The number of thiazole rings is 1. The minimum Gasteiger partial charge on any atom is -0.332 e. The van der Waals surface area contributed by atoms with E-state index in [-0.39, 0.29) is 5.91 Å². The fraction of sp³-hybridized carbons (Fsp3) is 0.0667. The highest BCUT2D eigenvalue weighted by molar-refractivity contribution is 9.10. The summed E-state index contributed by atoms with van der Waals surface area (Å²) in [5.74, 6) is -0.0764. The summed E-state index contributed by atoms with van der Waals surface area (Å²) < 4.78 is 2.17. The van der Waals surface area contributed by atoms with Crippen molar-refractivity contribution in [3.8, 4) is 0 Å². The van der Waals surface area contributed by atoms with Gasteiger partial charge in [0.15, 0.2) is 5.13 Å². The first-order chi connectivity index (χ1) is 10.1. The minimum absolute atomic E-state index is 0.0764. The summed E-state index contributed by atoms with van der Waals surface area (Å²) in [7, 11) is 0. The minimum atomic E-state index is -0.0764. The van der Waals surface area contributed by atoms with Crippen LogP contribution < -0.4 is 10.6 Å². The number of nitrogens with zero attached hydrogens (tertiary/aromatic N) is 1. The Labute approximate surface area is 134 Å². The van der Waals surface area contributed by atoms with Crippen LogP contribution in [0, 0.1) is 0 Å². The Hall–Kier alpha value is -1.92. The van der Waals surface area contributed by atoms with Gasteiger partial charge in [-0.3, -0.25) is 4.79 Å². The Balaban J connectivity index is 1.79.